The second-order valence-electron chi connectivity index (χ2n) is 17.1. The summed E-state index contributed by atoms with van der Waals surface area (Å²) >= 11 is 0. The number of benzene rings is 8. The van der Waals surface area contributed by atoms with Crippen molar-refractivity contribution in [3.63, 3.8) is 0 Å². The Morgan fingerprint density at radius 1 is 0.342 bits per heavy atom. The fourth-order valence-electron chi connectivity index (χ4n) is 9.92. The van der Waals surface area contributed by atoms with Crippen LogP contribution in [0.1, 0.15) is 22.3 Å². The minimum Gasteiger partial charge on any atom is -0.693 e. The molecule has 0 fully saturated rings. The first kappa shape index (κ1) is 64.9. The van der Waals surface area contributed by atoms with E-state index in [1.165, 1.54) is 77.0 Å². The zero-order valence-electron chi connectivity index (χ0n) is 43.4. The van der Waals surface area contributed by atoms with Crippen LogP contribution in [0.2, 0.25) is 0 Å². The number of aryl methyl sites for hydroxylation is 4. The number of nitrogens with two attached hydrogens (primary N) is 4. The van der Waals surface area contributed by atoms with Crippen molar-refractivity contribution in [3.8, 4) is 45.0 Å². The predicted molar refractivity (Wildman–Crippen MR) is 319 cm³/mol. The summed E-state index contributed by atoms with van der Waals surface area (Å²) in [6.45, 7) is 0. The maximum atomic E-state index is 4.57. The van der Waals surface area contributed by atoms with Gasteiger partial charge in [-0.05, 0) is 107 Å². The van der Waals surface area contributed by atoms with Crippen molar-refractivity contribution in [2.75, 3.05) is 0 Å². The molecule has 0 atom stereocenters. The van der Waals surface area contributed by atoms with Gasteiger partial charge in [-0.1, -0.05) is 122 Å². The Hall–Kier alpha value is -7.20. The fraction of sp³-hybridized carbons (Fsp3) is 0.0606. The van der Waals surface area contributed by atoms with E-state index >= 15 is 0 Å². The van der Waals surface area contributed by atoms with Gasteiger partial charge in [-0.15, -0.1) is 70.8 Å². The van der Waals surface area contributed by atoms with Crippen LogP contribution in [-0.2, 0) is 65.9 Å². The Morgan fingerprint density at radius 2 is 0.671 bits per heavy atom. The van der Waals surface area contributed by atoms with Crippen molar-refractivity contribution in [1.29, 1.82) is 0 Å². The molecule has 396 valence electrons. The summed E-state index contributed by atoms with van der Waals surface area (Å²) in [4.78, 5) is 9.13. The summed E-state index contributed by atoms with van der Waals surface area (Å²) in [6.07, 6.45) is 7.13. The Kier molecular flexibility index (Phi) is 24.5. The second-order valence-corrected chi connectivity index (χ2v) is 17.1. The van der Waals surface area contributed by atoms with Crippen LogP contribution in [-0.4, -0.2) is 19.1 Å². The van der Waals surface area contributed by atoms with Gasteiger partial charge in [-0.25, -0.2) is 0 Å². The third-order valence-electron chi connectivity index (χ3n) is 13.1. The Labute approximate surface area is 477 Å². The van der Waals surface area contributed by atoms with E-state index in [4.69, 9.17) is 0 Å². The van der Waals surface area contributed by atoms with Crippen LogP contribution >= 0.6 is 0 Å². The molecular weight excluding hydrogens is 1290 g/mol. The van der Waals surface area contributed by atoms with E-state index in [0.29, 0.717) is 0 Å². The summed E-state index contributed by atoms with van der Waals surface area (Å²) in [5.41, 5.74) is 18.7. The molecule has 0 bridgehead atoms. The first-order valence-electron chi connectivity index (χ1n) is 22.8. The molecule has 0 saturated heterocycles. The normalized spacial score (nSPS) is 10.1. The largest absolute Gasteiger partial charge is 0.693 e. The van der Waals surface area contributed by atoms with Gasteiger partial charge >= 0.3 is 0 Å². The molecule has 8 aromatic carbocycles. The van der Waals surface area contributed by atoms with E-state index in [1.807, 2.05) is 48.8 Å². The molecule has 0 unspecified atom stereocenters. The van der Waals surface area contributed by atoms with Crippen molar-refractivity contribution in [2.45, 2.75) is 25.7 Å². The number of hydrogen-bond acceptors (Lipinski definition) is 2. The molecule has 10 heteroatoms. The van der Waals surface area contributed by atoms with Crippen molar-refractivity contribution >= 4 is 43.6 Å². The third kappa shape index (κ3) is 12.4. The number of para-hydroxylation sites is 4. The average Bonchev–Trinajstić information content (AvgIpc) is 3.91. The van der Waals surface area contributed by atoms with Gasteiger partial charge in [0, 0.05) is 85.5 Å². The molecule has 0 aliphatic rings. The van der Waals surface area contributed by atoms with E-state index in [2.05, 4.69) is 201 Å². The average molecular weight is 1350 g/mol. The van der Waals surface area contributed by atoms with Crippen LogP contribution in [0.5, 0.6) is 0 Å². The van der Waals surface area contributed by atoms with Gasteiger partial charge in [-0.3, -0.25) is 0 Å². The van der Waals surface area contributed by atoms with E-state index in [0.717, 1.165) is 59.6 Å². The Balaban J connectivity index is 0.00000198. The zero-order valence-corrected chi connectivity index (χ0v) is 48.2. The van der Waals surface area contributed by atoms with Gasteiger partial charge in [0.25, 0.3) is 0 Å². The number of aromatic nitrogens is 4. The first-order valence-corrected chi connectivity index (χ1v) is 22.8. The molecule has 12 aromatic rings. The molecule has 0 amide bonds. The van der Waals surface area contributed by atoms with Crippen molar-refractivity contribution < 1.29 is 40.2 Å². The minimum absolute atomic E-state index is 0. The smallest absolute Gasteiger partial charge is 0.0541 e. The van der Waals surface area contributed by atoms with Crippen molar-refractivity contribution in [1.82, 2.24) is 19.1 Å². The Bertz CT molecular complexity index is 3350. The molecule has 0 spiro atoms. The van der Waals surface area contributed by atoms with Gasteiger partial charge in [0.2, 0.25) is 0 Å². The molecule has 2 radical (unpaired) electrons. The predicted octanol–water partition coefficient (Wildman–Crippen LogP) is 19.5. The van der Waals surface area contributed by atoms with Gasteiger partial charge in [0.05, 0.1) is 22.1 Å². The van der Waals surface area contributed by atoms with E-state index in [1.54, 1.807) is 0 Å². The number of hydrogen-bond donors (Lipinski definition) is 0. The van der Waals surface area contributed by atoms with E-state index < -0.39 is 0 Å². The quantitative estimate of drug-likeness (QED) is 0.118. The Morgan fingerprint density at radius 3 is 0.974 bits per heavy atom. The van der Waals surface area contributed by atoms with Crippen LogP contribution in [0.25, 0.3) is 113 Å². The molecule has 4 aromatic heterocycles. The number of pyridine rings is 2. The van der Waals surface area contributed by atoms with Crippen molar-refractivity contribution in [2.24, 2.45) is 0 Å². The summed E-state index contributed by atoms with van der Waals surface area (Å²) in [5, 5.41) is 5.04. The van der Waals surface area contributed by atoms with Gasteiger partial charge < -0.3 is 73.4 Å². The molecule has 76 heavy (non-hydrogen) atoms. The van der Waals surface area contributed by atoms with E-state index in [9.17, 15) is 0 Å². The molecule has 12 rings (SSSR count). The number of fused-ring (bicyclic) bond motifs is 6. The standard InChI is InChI=1S/C62H44N4.4CH3.2Ir.4H2N/c1-5-19-59-53(13-1)54-14-2-6-20-60(54)65(59)49-35-37-51(47(41-49)33-27-43-23-29-45(30-24-43)57-17-9-11-39-63-57)52-38-36-50(66-61-21-7-3-15-55(61)56-16-4-8-22-62(56)66)42-48(52)34-28-44-25-31-46(32-26-44)58-18-10-12-40-64-58;;;;;;;;;;/h1-26,29,31,35-42H,27-28,33-34H2;4*1H3;;;4*1H2/q-2;4*-1;;;4*-1. The molecule has 8 N–H and O–H groups in total. The molecule has 0 aliphatic carbocycles. The number of nitrogens with zero attached hydrogens (tertiary/aromatic N) is 4. The van der Waals surface area contributed by atoms with Crippen LogP contribution in [0.15, 0.2) is 219 Å². The van der Waals surface area contributed by atoms with Crippen LogP contribution < -0.4 is 0 Å². The first-order chi connectivity index (χ1) is 32.7. The fourth-order valence-corrected chi connectivity index (χ4v) is 9.92. The van der Waals surface area contributed by atoms with Crippen molar-refractivity contribution in [3.05, 3.63) is 307 Å². The monoisotopic (exact) mass is 1350 g/mol. The molecule has 4 heterocycles. The topological polar surface area (TPSA) is 170 Å². The molecule has 0 saturated carbocycles. The SMILES string of the molecule is [CH3-].[CH3-].[CH3-].[CH3-].[Ir].[Ir].[NH2-].[NH2-].[NH2-].[NH2-].[c-]1cc(CCc2cc(-n3c4ccccc4c4ccccc43)ccc2-c2ccc(-n3c4ccccc4c4ccccc43)cc2CCc2c[c-]c(-c3ccccn3)cc2)ccc1-c1ccccn1. The van der Waals surface area contributed by atoms with Gasteiger partial charge in [0.15, 0.2) is 0 Å². The number of rotatable bonds is 11. The molecule has 0 aliphatic heterocycles. The van der Waals surface area contributed by atoms with E-state index in [-0.39, 0.29) is 94.5 Å². The zero-order chi connectivity index (χ0) is 43.8. The van der Waals surface area contributed by atoms with Crippen LogP contribution in [0, 0.1) is 41.8 Å². The third-order valence-corrected chi connectivity index (χ3v) is 13.1. The van der Waals surface area contributed by atoms with Gasteiger partial charge in [-0.2, -0.15) is 0 Å². The summed E-state index contributed by atoms with van der Waals surface area (Å²) in [6, 6.07) is 81.5. The minimum atomic E-state index is 0. The van der Waals surface area contributed by atoms with Crippen LogP contribution in [0.3, 0.4) is 0 Å². The maximum absolute atomic E-state index is 4.57. The summed E-state index contributed by atoms with van der Waals surface area (Å²) in [7, 11) is 0. The van der Waals surface area contributed by atoms with Gasteiger partial charge in [0.1, 0.15) is 0 Å². The maximum Gasteiger partial charge on any atom is 0.0541 e. The van der Waals surface area contributed by atoms with Crippen LogP contribution in [0.4, 0.5) is 0 Å². The summed E-state index contributed by atoms with van der Waals surface area (Å²) < 4.78 is 4.87. The molecular formula is C66H64Ir2N8-10. The molecule has 8 nitrogen and oxygen atoms in total. The second kappa shape index (κ2) is 28.6. The summed E-state index contributed by atoms with van der Waals surface area (Å²) in [5.74, 6) is 0.